The minimum Gasteiger partial charge on any atom is -0.511 e. The van der Waals surface area contributed by atoms with E-state index in [4.69, 9.17) is 5.11 Å². The van der Waals surface area contributed by atoms with Gasteiger partial charge >= 0.3 is 6.09 Å². The molecule has 26 heavy (non-hydrogen) atoms. The number of hydrogen-bond donors (Lipinski definition) is 3. The van der Waals surface area contributed by atoms with Crippen LogP contribution in [0.3, 0.4) is 0 Å². The van der Waals surface area contributed by atoms with Gasteiger partial charge in [0.1, 0.15) is 5.76 Å². The number of carboxylic acid groups (broad SMARTS) is 1. The normalized spacial score (nSPS) is 17.7. The molecule has 1 aliphatic rings. The zero-order valence-corrected chi connectivity index (χ0v) is 14.9. The number of amides is 1. The molecule has 0 radical (unpaired) electrons. The average Bonchev–Trinajstić information content (AvgIpc) is 2.62. The average molecular weight is 358 g/mol. The number of aliphatic hydroxyl groups is 1. The second-order valence-corrected chi connectivity index (χ2v) is 6.48. The fourth-order valence-corrected chi connectivity index (χ4v) is 3.05. The summed E-state index contributed by atoms with van der Waals surface area (Å²) in [6.45, 7) is 1.06. The van der Waals surface area contributed by atoms with Crippen molar-refractivity contribution in [1.29, 1.82) is 0 Å². The van der Waals surface area contributed by atoms with Crippen LogP contribution in [-0.2, 0) is 4.79 Å². The third-order valence-electron chi connectivity index (χ3n) is 4.46. The van der Waals surface area contributed by atoms with Crippen LogP contribution in [0.15, 0.2) is 46.7 Å². The van der Waals surface area contributed by atoms with E-state index in [1.807, 2.05) is 30.3 Å². The molecule has 0 aliphatic heterocycles. The number of nitrogens with zero attached hydrogens (tertiary/aromatic N) is 1. The Morgan fingerprint density at radius 1 is 1.15 bits per heavy atom. The van der Waals surface area contributed by atoms with Gasteiger partial charge in [-0.1, -0.05) is 43.2 Å². The summed E-state index contributed by atoms with van der Waals surface area (Å²) in [4.78, 5) is 26.9. The number of allylic oxidation sites excluding steroid dienone is 2. The van der Waals surface area contributed by atoms with Crippen LogP contribution < -0.4 is 5.32 Å². The van der Waals surface area contributed by atoms with Gasteiger partial charge in [-0.15, -0.1) is 0 Å². The highest BCUT2D eigenvalue weighted by atomic mass is 16.4. The second-order valence-electron chi connectivity index (χ2n) is 6.48. The molecule has 140 valence electrons. The van der Waals surface area contributed by atoms with Gasteiger partial charge in [0.15, 0.2) is 5.78 Å². The number of aliphatic imine (C=N–C) groups is 1. The van der Waals surface area contributed by atoms with E-state index in [1.54, 1.807) is 0 Å². The van der Waals surface area contributed by atoms with E-state index >= 15 is 0 Å². The van der Waals surface area contributed by atoms with Crippen molar-refractivity contribution in [3.05, 3.63) is 47.2 Å². The smallest absolute Gasteiger partial charge is 0.404 e. The summed E-state index contributed by atoms with van der Waals surface area (Å²) >= 11 is 0. The first-order valence-corrected chi connectivity index (χ1v) is 9.05. The molecule has 2 rings (SSSR count). The molecule has 0 saturated carbocycles. The molecule has 3 N–H and O–H groups in total. The van der Waals surface area contributed by atoms with Crippen LogP contribution in [0.1, 0.15) is 50.0 Å². The predicted molar refractivity (Wildman–Crippen MR) is 101 cm³/mol. The summed E-state index contributed by atoms with van der Waals surface area (Å²) in [6.07, 6.45) is 4.94. The Morgan fingerprint density at radius 3 is 2.58 bits per heavy atom. The van der Waals surface area contributed by atoms with Crippen molar-refractivity contribution in [2.45, 2.75) is 44.4 Å². The van der Waals surface area contributed by atoms with Gasteiger partial charge in [-0.2, -0.15) is 0 Å². The molecule has 0 spiro atoms. The van der Waals surface area contributed by atoms with Crippen molar-refractivity contribution in [3.8, 4) is 0 Å². The van der Waals surface area contributed by atoms with Gasteiger partial charge in [-0.25, -0.2) is 4.79 Å². The Morgan fingerprint density at radius 2 is 1.88 bits per heavy atom. The third kappa shape index (κ3) is 6.35. The summed E-state index contributed by atoms with van der Waals surface area (Å²) in [5.41, 5.74) is 1.41. The maximum Gasteiger partial charge on any atom is 0.404 e. The molecule has 6 nitrogen and oxygen atoms in total. The lowest BCUT2D eigenvalue weighted by Gasteiger charge is -2.22. The quantitative estimate of drug-likeness (QED) is 0.461. The fourth-order valence-electron chi connectivity index (χ4n) is 3.05. The molecule has 0 saturated heterocycles. The van der Waals surface area contributed by atoms with Gasteiger partial charge in [0.25, 0.3) is 0 Å². The van der Waals surface area contributed by atoms with Gasteiger partial charge < -0.3 is 15.5 Å². The van der Waals surface area contributed by atoms with Crippen LogP contribution in [0.25, 0.3) is 0 Å². The van der Waals surface area contributed by atoms with Crippen LogP contribution in [0.4, 0.5) is 4.79 Å². The highest BCUT2D eigenvalue weighted by Gasteiger charge is 2.27. The standard InChI is InChI=1S/C20H26N2O4/c23-18-12-16(15-8-4-3-5-9-15)13-19(24)17(18)14-21-10-6-1-2-7-11-22-20(25)26/h3-5,8-9,14,16,22-23H,1-2,6-7,10-13H2,(H,25,26). The first-order valence-electron chi connectivity index (χ1n) is 9.05. The molecule has 1 atom stereocenters. The molecule has 1 amide bonds. The first-order chi connectivity index (χ1) is 12.6. The number of rotatable bonds is 9. The Hall–Kier alpha value is -2.63. The van der Waals surface area contributed by atoms with E-state index in [-0.39, 0.29) is 17.5 Å². The molecule has 0 heterocycles. The Bertz CT molecular complexity index is 668. The van der Waals surface area contributed by atoms with Crippen LogP contribution in [0.5, 0.6) is 0 Å². The molecule has 1 aromatic rings. The number of hydrogen-bond acceptors (Lipinski definition) is 4. The minimum atomic E-state index is -0.991. The Kier molecular flexibility index (Phi) is 7.86. The number of unbranched alkanes of at least 4 members (excludes halogenated alkanes) is 3. The van der Waals surface area contributed by atoms with E-state index in [9.17, 15) is 14.7 Å². The number of carbonyl (C=O) groups excluding carboxylic acids is 1. The summed E-state index contributed by atoms with van der Waals surface area (Å²) in [5.74, 6) is 0.0879. The topological polar surface area (TPSA) is 99.0 Å². The van der Waals surface area contributed by atoms with Crippen LogP contribution in [0, 0.1) is 0 Å². The van der Waals surface area contributed by atoms with Crippen LogP contribution in [0.2, 0.25) is 0 Å². The zero-order valence-electron chi connectivity index (χ0n) is 14.9. The summed E-state index contributed by atoms with van der Waals surface area (Å²) in [7, 11) is 0. The Labute approximate surface area is 153 Å². The molecule has 1 aromatic carbocycles. The van der Waals surface area contributed by atoms with Crippen molar-refractivity contribution in [3.63, 3.8) is 0 Å². The lowest BCUT2D eigenvalue weighted by molar-refractivity contribution is -0.116. The molecular formula is C20H26N2O4. The van der Waals surface area contributed by atoms with E-state index < -0.39 is 6.09 Å². The maximum absolute atomic E-state index is 12.3. The highest BCUT2D eigenvalue weighted by Crippen LogP contribution is 2.32. The van der Waals surface area contributed by atoms with Crippen LogP contribution >= 0.6 is 0 Å². The van der Waals surface area contributed by atoms with Gasteiger partial charge in [0.2, 0.25) is 0 Å². The second kappa shape index (κ2) is 10.4. The minimum absolute atomic E-state index is 0.0280. The summed E-state index contributed by atoms with van der Waals surface area (Å²) < 4.78 is 0. The third-order valence-corrected chi connectivity index (χ3v) is 4.46. The molecule has 0 aromatic heterocycles. The van der Waals surface area contributed by atoms with E-state index in [1.165, 1.54) is 6.21 Å². The van der Waals surface area contributed by atoms with Crippen molar-refractivity contribution in [2.24, 2.45) is 4.99 Å². The number of carbonyl (C=O) groups is 2. The molecule has 0 fully saturated rings. The molecule has 6 heteroatoms. The van der Waals surface area contributed by atoms with E-state index in [0.29, 0.717) is 31.5 Å². The van der Waals surface area contributed by atoms with E-state index in [2.05, 4.69) is 10.3 Å². The lowest BCUT2D eigenvalue weighted by Crippen LogP contribution is -2.21. The molecule has 1 unspecified atom stereocenters. The fraction of sp³-hybridized carbons (Fsp3) is 0.450. The largest absolute Gasteiger partial charge is 0.511 e. The van der Waals surface area contributed by atoms with Gasteiger partial charge in [0, 0.05) is 32.1 Å². The van der Waals surface area contributed by atoms with Gasteiger partial charge in [-0.05, 0) is 24.3 Å². The maximum atomic E-state index is 12.3. The SMILES string of the molecule is O=C(O)NCCCCCCN=CC1=C(O)CC(c2ccccc2)CC1=O. The number of Topliss-reactive ketones (excluding diaryl/α,β-unsaturated/α-hetero) is 1. The molecular weight excluding hydrogens is 332 g/mol. The highest BCUT2D eigenvalue weighted by molar-refractivity contribution is 6.14. The van der Waals surface area contributed by atoms with Crippen molar-refractivity contribution < 1.29 is 19.8 Å². The van der Waals surface area contributed by atoms with Gasteiger partial charge in [-0.3, -0.25) is 9.79 Å². The number of aliphatic hydroxyl groups excluding tert-OH is 1. The summed E-state index contributed by atoms with van der Waals surface area (Å²) in [5, 5.41) is 21.0. The number of nitrogens with one attached hydrogen (secondary N) is 1. The van der Waals surface area contributed by atoms with Crippen molar-refractivity contribution in [2.75, 3.05) is 13.1 Å². The lowest BCUT2D eigenvalue weighted by atomic mass is 9.83. The predicted octanol–water partition coefficient (Wildman–Crippen LogP) is 3.84. The van der Waals surface area contributed by atoms with Gasteiger partial charge in [0.05, 0.1) is 5.57 Å². The van der Waals surface area contributed by atoms with Crippen molar-refractivity contribution in [1.82, 2.24) is 5.32 Å². The van der Waals surface area contributed by atoms with Crippen LogP contribution in [-0.4, -0.2) is 41.4 Å². The van der Waals surface area contributed by atoms with E-state index in [0.717, 1.165) is 31.2 Å². The molecule has 1 aliphatic carbocycles. The molecule has 0 bridgehead atoms. The zero-order chi connectivity index (χ0) is 18.8. The number of benzene rings is 1. The number of ketones is 1. The summed E-state index contributed by atoms with van der Waals surface area (Å²) in [6, 6.07) is 9.78. The monoisotopic (exact) mass is 358 g/mol. The van der Waals surface area contributed by atoms with Crippen molar-refractivity contribution >= 4 is 18.1 Å². The first kappa shape index (κ1) is 19.7. The Balaban J connectivity index is 1.74.